The zero-order chi connectivity index (χ0) is 15.1. The average molecular weight is 296 g/mol. The second-order valence-electron chi connectivity index (χ2n) is 6.30. The predicted octanol–water partition coefficient (Wildman–Crippen LogP) is 4.24. The number of ether oxygens (including phenoxy) is 2. The van der Waals surface area contributed by atoms with Gasteiger partial charge in [-0.2, -0.15) is 0 Å². The van der Waals surface area contributed by atoms with Crippen molar-refractivity contribution in [3.05, 3.63) is 71.8 Å². The van der Waals surface area contributed by atoms with Crippen molar-refractivity contribution in [1.29, 1.82) is 0 Å². The molecule has 2 aromatic carbocycles. The third kappa shape index (κ3) is 4.19. The molecule has 0 amide bonds. The van der Waals surface area contributed by atoms with Gasteiger partial charge >= 0.3 is 0 Å². The van der Waals surface area contributed by atoms with Gasteiger partial charge < -0.3 is 9.47 Å². The minimum Gasteiger partial charge on any atom is -0.381 e. The van der Waals surface area contributed by atoms with E-state index in [1.54, 1.807) is 0 Å². The fourth-order valence-electron chi connectivity index (χ4n) is 3.20. The van der Waals surface area contributed by atoms with Crippen LogP contribution in [0.15, 0.2) is 60.7 Å². The predicted molar refractivity (Wildman–Crippen MR) is 88.7 cm³/mol. The Balaban J connectivity index is 1.62. The summed E-state index contributed by atoms with van der Waals surface area (Å²) in [4.78, 5) is 0. The summed E-state index contributed by atoms with van der Waals surface area (Å²) in [6.07, 6.45) is 3.33. The molecule has 0 saturated carbocycles. The molecule has 1 atom stereocenters. The van der Waals surface area contributed by atoms with Crippen LogP contribution in [0.3, 0.4) is 0 Å². The van der Waals surface area contributed by atoms with E-state index in [2.05, 4.69) is 54.6 Å². The van der Waals surface area contributed by atoms with Crippen molar-refractivity contribution in [1.82, 2.24) is 0 Å². The Bertz CT molecular complexity index is 544. The second-order valence-corrected chi connectivity index (χ2v) is 6.30. The first kappa shape index (κ1) is 15.3. The third-order valence-electron chi connectivity index (χ3n) is 4.35. The molecule has 0 aromatic heterocycles. The topological polar surface area (TPSA) is 18.5 Å². The summed E-state index contributed by atoms with van der Waals surface area (Å²) in [6.45, 7) is 3.13. The van der Waals surface area contributed by atoms with Crippen LogP contribution in [0.25, 0.3) is 0 Å². The Labute approximate surface area is 133 Å². The van der Waals surface area contributed by atoms with Crippen LogP contribution in [0.4, 0.5) is 0 Å². The van der Waals surface area contributed by atoms with Crippen LogP contribution in [-0.4, -0.2) is 19.8 Å². The van der Waals surface area contributed by atoms with E-state index in [1.807, 2.05) is 6.07 Å². The summed E-state index contributed by atoms with van der Waals surface area (Å²) in [7, 11) is 0. The van der Waals surface area contributed by atoms with E-state index in [9.17, 15) is 0 Å². The molecule has 2 heteroatoms. The van der Waals surface area contributed by atoms with Crippen molar-refractivity contribution < 1.29 is 9.47 Å². The van der Waals surface area contributed by atoms with Crippen molar-refractivity contribution in [3.63, 3.8) is 0 Å². The van der Waals surface area contributed by atoms with Gasteiger partial charge in [0, 0.05) is 12.0 Å². The molecular formula is C20H24O2. The third-order valence-corrected chi connectivity index (χ3v) is 4.35. The van der Waals surface area contributed by atoms with Gasteiger partial charge in [0.1, 0.15) is 0 Å². The van der Waals surface area contributed by atoms with Gasteiger partial charge in [-0.3, -0.25) is 0 Å². The maximum Gasteiger partial charge on any atom is 0.0717 e. The van der Waals surface area contributed by atoms with Crippen molar-refractivity contribution in [3.8, 4) is 0 Å². The molecule has 0 radical (unpaired) electrons. The Morgan fingerprint density at radius 1 is 0.909 bits per heavy atom. The molecule has 1 unspecified atom stereocenters. The summed E-state index contributed by atoms with van der Waals surface area (Å²) in [6, 6.07) is 21.1. The summed E-state index contributed by atoms with van der Waals surface area (Å²) in [5.74, 6) is 0. The van der Waals surface area contributed by atoms with Crippen LogP contribution < -0.4 is 0 Å². The lowest BCUT2D eigenvalue weighted by Crippen LogP contribution is -2.38. The summed E-state index contributed by atoms with van der Waals surface area (Å²) in [5.41, 5.74) is 2.72. The van der Waals surface area contributed by atoms with E-state index >= 15 is 0 Å². The normalized spacial score (nSPS) is 21.6. The molecule has 0 spiro atoms. The maximum absolute atomic E-state index is 6.05. The fraction of sp³-hybridized carbons (Fsp3) is 0.400. The van der Waals surface area contributed by atoms with Gasteiger partial charge in [0.15, 0.2) is 0 Å². The van der Waals surface area contributed by atoms with E-state index in [4.69, 9.17) is 9.47 Å². The van der Waals surface area contributed by atoms with Gasteiger partial charge in [0.2, 0.25) is 0 Å². The largest absolute Gasteiger partial charge is 0.381 e. The average Bonchev–Trinajstić information content (AvgIpc) is 2.58. The molecule has 2 aromatic rings. The number of hydrogen-bond donors (Lipinski definition) is 0. The lowest BCUT2D eigenvalue weighted by molar-refractivity contribution is -0.0627. The summed E-state index contributed by atoms with van der Waals surface area (Å²) >= 11 is 0. The van der Waals surface area contributed by atoms with E-state index in [0.29, 0.717) is 6.61 Å². The first-order valence-corrected chi connectivity index (χ1v) is 8.10. The molecule has 0 aliphatic carbocycles. The van der Waals surface area contributed by atoms with Crippen molar-refractivity contribution in [2.24, 2.45) is 5.41 Å². The van der Waals surface area contributed by atoms with Crippen LogP contribution in [0.5, 0.6) is 0 Å². The van der Waals surface area contributed by atoms with Gasteiger partial charge in [-0.25, -0.2) is 0 Å². The van der Waals surface area contributed by atoms with E-state index < -0.39 is 0 Å². The highest BCUT2D eigenvalue weighted by molar-refractivity contribution is 5.17. The van der Waals surface area contributed by atoms with Gasteiger partial charge in [-0.15, -0.1) is 0 Å². The molecule has 0 bridgehead atoms. The van der Waals surface area contributed by atoms with Crippen LogP contribution in [0, 0.1) is 5.41 Å². The Kier molecular flexibility index (Phi) is 5.25. The van der Waals surface area contributed by atoms with Gasteiger partial charge in [0.25, 0.3) is 0 Å². The highest BCUT2D eigenvalue weighted by atomic mass is 16.5. The zero-order valence-corrected chi connectivity index (χ0v) is 13.0. The van der Waals surface area contributed by atoms with E-state index in [-0.39, 0.29) is 5.41 Å². The molecule has 1 aliphatic rings. The minimum absolute atomic E-state index is 0.119. The minimum atomic E-state index is 0.119. The van der Waals surface area contributed by atoms with Crippen LogP contribution >= 0.6 is 0 Å². The highest BCUT2D eigenvalue weighted by Crippen LogP contribution is 2.33. The molecule has 1 heterocycles. The number of hydrogen-bond acceptors (Lipinski definition) is 2. The zero-order valence-electron chi connectivity index (χ0n) is 13.0. The highest BCUT2D eigenvalue weighted by Gasteiger charge is 2.33. The summed E-state index contributed by atoms with van der Waals surface area (Å²) in [5, 5.41) is 0. The quantitative estimate of drug-likeness (QED) is 0.793. The first-order valence-electron chi connectivity index (χ1n) is 8.10. The second kappa shape index (κ2) is 7.57. The molecule has 1 saturated heterocycles. The molecule has 116 valence electrons. The fourth-order valence-corrected chi connectivity index (χ4v) is 3.20. The first-order chi connectivity index (χ1) is 10.9. The molecule has 0 N–H and O–H groups in total. The SMILES string of the molecule is c1ccc(COCC2(Cc3ccccc3)CCCOC2)cc1. The van der Waals surface area contributed by atoms with Gasteiger partial charge in [0.05, 0.1) is 19.8 Å². The standard InChI is InChI=1S/C20H24O2/c1-3-8-18(9-4-1)14-20(12-7-13-21-16-20)17-22-15-19-10-5-2-6-11-19/h1-6,8-11H,7,12-17H2. The smallest absolute Gasteiger partial charge is 0.0717 e. The Hall–Kier alpha value is -1.64. The van der Waals surface area contributed by atoms with Crippen molar-refractivity contribution in [2.45, 2.75) is 25.9 Å². The lowest BCUT2D eigenvalue weighted by atomic mass is 9.78. The molecule has 3 rings (SSSR count). The lowest BCUT2D eigenvalue weighted by Gasteiger charge is -2.37. The molecule has 2 nitrogen and oxygen atoms in total. The number of benzene rings is 2. The van der Waals surface area contributed by atoms with Crippen LogP contribution in [0.1, 0.15) is 24.0 Å². The van der Waals surface area contributed by atoms with Gasteiger partial charge in [-0.1, -0.05) is 60.7 Å². The van der Waals surface area contributed by atoms with Crippen molar-refractivity contribution >= 4 is 0 Å². The maximum atomic E-state index is 6.05. The molecule has 1 fully saturated rings. The molecule has 22 heavy (non-hydrogen) atoms. The monoisotopic (exact) mass is 296 g/mol. The van der Waals surface area contributed by atoms with Crippen LogP contribution in [-0.2, 0) is 22.5 Å². The van der Waals surface area contributed by atoms with Crippen LogP contribution in [0.2, 0.25) is 0 Å². The summed E-state index contributed by atoms with van der Waals surface area (Å²) < 4.78 is 11.8. The molecule has 1 aliphatic heterocycles. The Morgan fingerprint density at radius 2 is 1.59 bits per heavy atom. The Morgan fingerprint density at radius 3 is 2.23 bits per heavy atom. The molecular weight excluding hydrogens is 272 g/mol. The van der Waals surface area contributed by atoms with Crippen molar-refractivity contribution in [2.75, 3.05) is 19.8 Å². The number of rotatable bonds is 6. The van der Waals surface area contributed by atoms with Gasteiger partial charge in [-0.05, 0) is 30.4 Å². The van der Waals surface area contributed by atoms with E-state index in [1.165, 1.54) is 17.5 Å². The van der Waals surface area contributed by atoms with E-state index in [0.717, 1.165) is 32.7 Å².